The van der Waals surface area contributed by atoms with Gasteiger partial charge in [-0.3, -0.25) is 14.6 Å². The Labute approximate surface area is 186 Å². The molecule has 0 aliphatic carbocycles. The Morgan fingerprint density at radius 2 is 2.00 bits per heavy atom. The quantitative estimate of drug-likeness (QED) is 0.399. The van der Waals surface area contributed by atoms with Crippen LogP contribution in [0.1, 0.15) is 58.4 Å². The molecule has 31 heavy (non-hydrogen) atoms. The van der Waals surface area contributed by atoms with E-state index < -0.39 is 5.41 Å². The van der Waals surface area contributed by atoms with Gasteiger partial charge in [-0.15, -0.1) is 0 Å². The molecule has 1 saturated heterocycles. The number of aliphatic imine (C=N–C) groups is 1. The highest BCUT2D eigenvalue weighted by Gasteiger charge is 2.32. The van der Waals surface area contributed by atoms with Crippen LogP contribution in [0.15, 0.2) is 29.3 Å². The third-order valence-corrected chi connectivity index (χ3v) is 5.92. The Morgan fingerprint density at radius 3 is 2.68 bits per heavy atom. The maximum Gasteiger partial charge on any atom is 0.225 e. The van der Waals surface area contributed by atoms with Crippen LogP contribution in [0.25, 0.3) is 0 Å². The molecular formula is C24H37N5O2. The summed E-state index contributed by atoms with van der Waals surface area (Å²) in [5, 5.41) is 6.37. The molecule has 7 heteroatoms. The molecule has 0 bridgehead atoms. The van der Waals surface area contributed by atoms with E-state index in [1.807, 2.05) is 25.7 Å². The minimum Gasteiger partial charge on any atom is -0.356 e. The van der Waals surface area contributed by atoms with E-state index >= 15 is 0 Å². The van der Waals surface area contributed by atoms with E-state index in [2.05, 4.69) is 46.7 Å². The SMILES string of the molecule is CCNC(=NCCNC(=O)C(C)(C)C)N1CC(CCN2CCCC2=O)c2ccccc21. The third kappa shape index (κ3) is 5.77. The second-order valence-corrected chi connectivity index (χ2v) is 9.38. The Kier molecular flexibility index (Phi) is 7.57. The van der Waals surface area contributed by atoms with Gasteiger partial charge in [0.25, 0.3) is 0 Å². The van der Waals surface area contributed by atoms with E-state index in [0.29, 0.717) is 25.4 Å². The second-order valence-electron chi connectivity index (χ2n) is 9.38. The molecule has 170 valence electrons. The molecule has 1 aromatic carbocycles. The minimum atomic E-state index is -0.397. The van der Waals surface area contributed by atoms with Gasteiger partial charge in [-0.2, -0.15) is 0 Å². The molecule has 2 aliphatic rings. The number of amides is 2. The number of fused-ring (bicyclic) bond motifs is 1. The first-order valence-electron chi connectivity index (χ1n) is 11.5. The molecule has 0 aromatic heterocycles. The smallest absolute Gasteiger partial charge is 0.225 e. The lowest BCUT2D eigenvalue weighted by atomic mass is 9.96. The molecule has 0 saturated carbocycles. The molecule has 2 N–H and O–H groups in total. The van der Waals surface area contributed by atoms with Crippen LogP contribution in [-0.4, -0.2) is 61.9 Å². The lowest BCUT2D eigenvalue weighted by Gasteiger charge is -2.23. The number of anilines is 1. The van der Waals surface area contributed by atoms with Crippen molar-refractivity contribution < 1.29 is 9.59 Å². The number of rotatable bonds is 7. The number of hydrogen-bond acceptors (Lipinski definition) is 3. The molecule has 3 rings (SSSR count). The van der Waals surface area contributed by atoms with Gasteiger partial charge in [0.2, 0.25) is 11.8 Å². The molecule has 1 atom stereocenters. The van der Waals surface area contributed by atoms with Gasteiger partial charge < -0.3 is 20.4 Å². The first-order valence-corrected chi connectivity index (χ1v) is 11.5. The lowest BCUT2D eigenvalue weighted by Crippen LogP contribution is -2.42. The fraction of sp³-hybridized carbons (Fsp3) is 0.625. The maximum absolute atomic E-state index is 12.1. The van der Waals surface area contributed by atoms with Crippen LogP contribution < -0.4 is 15.5 Å². The van der Waals surface area contributed by atoms with Crippen molar-refractivity contribution in [3.8, 4) is 0 Å². The Morgan fingerprint density at radius 1 is 1.23 bits per heavy atom. The fourth-order valence-corrected chi connectivity index (χ4v) is 4.19. The number of likely N-dealkylation sites (tertiary alicyclic amines) is 1. The van der Waals surface area contributed by atoms with Crippen molar-refractivity contribution in [1.82, 2.24) is 15.5 Å². The first-order chi connectivity index (χ1) is 14.8. The Hall–Kier alpha value is -2.57. The maximum atomic E-state index is 12.1. The van der Waals surface area contributed by atoms with Crippen LogP contribution in [0.4, 0.5) is 5.69 Å². The molecule has 1 fully saturated rings. The zero-order valence-electron chi connectivity index (χ0n) is 19.4. The number of nitrogens with one attached hydrogen (secondary N) is 2. The molecular weight excluding hydrogens is 390 g/mol. The summed E-state index contributed by atoms with van der Waals surface area (Å²) in [5.41, 5.74) is 2.10. The van der Waals surface area contributed by atoms with Crippen molar-refractivity contribution in [2.75, 3.05) is 44.2 Å². The van der Waals surface area contributed by atoms with Crippen LogP contribution in [-0.2, 0) is 9.59 Å². The van der Waals surface area contributed by atoms with Crippen molar-refractivity contribution >= 4 is 23.5 Å². The highest BCUT2D eigenvalue weighted by Crippen LogP contribution is 2.38. The summed E-state index contributed by atoms with van der Waals surface area (Å²) < 4.78 is 0. The van der Waals surface area contributed by atoms with Gasteiger partial charge in [-0.05, 0) is 31.4 Å². The zero-order chi connectivity index (χ0) is 22.4. The summed E-state index contributed by atoms with van der Waals surface area (Å²) in [7, 11) is 0. The van der Waals surface area contributed by atoms with Crippen molar-refractivity contribution in [3.63, 3.8) is 0 Å². The Balaban J connectivity index is 1.66. The minimum absolute atomic E-state index is 0.0377. The summed E-state index contributed by atoms with van der Waals surface area (Å²) >= 11 is 0. The number of hydrogen-bond donors (Lipinski definition) is 2. The number of benzene rings is 1. The fourth-order valence-electron chi connectivity index (χ4n) is 4.19. The van der Waals surface area contributed by atoms with Gasteiger partial charge in [0, 0.05) is 56.2 Å². The van der Waals surface area contributed by atoms with E-state index in [9.17, 15) is 9.59 Å². The monoisotopic (exact) mass is 427 g/mol. The summed E-state index contributed by atoms with van der Waals surface area (Å²) in [4.78, 5) is 33.1. The largest absolute Gasteiger partial charge is 0.356 e. The molecule has 2 heterocycles. The first kappa shape index (κ1) is 23.1. The molecule has 2 amide bonds. The lowest BCUT2D eigenvalue weighted by molar-refractivity contribution is -0.128. The van der Waals surface area contributed by atoms with Crippen LogP contribution in [0, 0.1) is 5.41 Å². The van der Waals surface area contributed by atoms with Gasteiger partial charge >= 0.3 is 0 Å². The van der Waals surface area contributed by atoms with Gasteiger partial charge in [0.1, 0.15) is 0 Å². The topological polar surface area (TPSA) is 77.0 Å². The summed E-state index contributed by atoms with van der Waals surface area (Å²) in [6.45, 7) is 12.2. The van der Waals surface area contributed by atoms with Crippen LogP contribution >= 0.6 is 0 Å². The van der Waals surface area contributed by atoms with Crippen LogP contribution in [0.5, 0.6) is 0 Å². The number of para-hydroxylation sites is 1. The summed E-state index contributed by atoms with van der Waals surface area (Å²) in [6.07, 6.45) is 2.63. The van der Waals surface area contributed by atoms with Gasteiger partial charge in [-0.1, -0.05) is 39.0 Å². The van der Waals surface area contributed by atoms with E-state index in [0.717, 1.165) is 45.0 Å². The number of carbonyl (C=O) groups excluding carboxylic acids is 2. The summed E-state index contributed by atoms with van der Waals surface area (Å²) in [6, 6.07) is 8.48. The normalized spacial score (nSPS) is 19.0. The van der Waals surface area contributed by atoms with E-state index in [4.69, 9.17) is 4.99 Å². The molecule has 0 spiro atoms. The number of nitrogens with zero attached hydrogens (tertiary/aromatic N) is 3. The van der Waals surface area contributed by atoms with Gasteiger partial charge in [0.15, 0.2) is 5.96 Å². The average Bonchev–Trinajstić information content (AvgIpc) is 3.31. The van der Waals surface area contributed by atoms with Crippen molar-refractivity contribution in [2.45, 2.75) is 52.9 Å². The summed E-state index contributed by atoms with van der Waals surface area (Å²) in [5.74, 6) is 1.54. The predicted octanol–water partition coefficient (Wildman–Crippen LogP) is 2.73. The number of guanidine groups is 1. The highest BCUT2D eigenvalue weighted by molar-refractivity contribution is 5.98. The van der Waals surface area contributed by atoms with Crippen molar-refractivity contribution in [1.29, 1.82) is 0 Å². The van der Waals surface area contributed by atoms with Crippen LogP contribution in [0.2, 0.25) is 0 Å². The number of carbonyl (C=O) groups is 2. The van der Waals surface area contributed by atoms with Crippen molar-refractivity contribution in [3.05, 3.63) is 29.8 Å². The molecule has 0 radical (unpaired) electrons. The van der Waals surface area contributed by atoms with E-state index in [1.165, 1.54) is 11.3 Å². The van der Waals surface area contributed by atoms with Crippen molar-refractivity contribution in [2.24, 2.45) is 10.4 Å². The molecule has 7 nitrogen and oxygen atoms in total. The predicted molar refractivity (Wildman–Crippen MR) is 125 cm³/mol. The third-order valence-electron chi connectivity index (χ3n) is 5.92. The highest BCUT2D eigenvalue weighted by atomic mass is 16.2. The second kappa shape index (κ2) is 10.2. The van der Waals surface area contributed by atoms with E-state index in [-0.39, 0.29) is 11.8 Å². The van der Waals surface area contributed by atoms with E-state index in [1.54, 1.807) is 0 Å². The van der Waals surface area contributed by atoms with Gasteiger partial charge in [-0.25, -0.2) is 0 Å². The zero-order valence-corrected chi connectivity index (χ0v) is 19.4. The average molecular weight is 428 g/mol. The molecule has 2 aliphatic heterocycles. The standard InChI is InChI=1S/C24H37N5O2/c1-5-25-23(27-14-13-26-22(31)24(2,3)4)29-17-18(19-9-6-7-10-20(19)29)12-16-28-15-8-11-21(28)30/h6-7,9-10,18H,5,8,11-17H2,1-4H3,(H,25,27)(H,26,31). The molecule has 1 unspecified atom stereocenters. The Bertz CT molecular complexity index is 814. The van der Waals surface area contributed by atoms with Gasteiger partial charge in [0.05, 0.1) is 6.54 Å². The molecule has 1 aromatic rings. The van der Waals surface area contributed by atoms with Crippen LogP contribution in [0.3, 0.4) is 0 Å².